The summed E-state index contributed by atoms with van der Waals surface area (Å²) in [4.78, 5) is 4.39. The van der Waals surface area contributed by atoms with Crippen LogP contribution in [0, 0.1) is 5.92 Å². The Balaban J connectivity index is 1.85. The zero-order valence-electron chi connectivity index (χ0n) is 9.74. The number of rotatable bonds is 4. The molecule has 1 aliphatic rings. The van der Waals surface area contributed by atoms with Gasteiger partial charge in [-0.1, -0.05) is 6.92 Å². The third-order valence-electron chi connectivity index (χ3n) is 3.43. The van der Waals surface area contributed by atoms with Crippen molar-refractivity contribution >= 4 is 0 Å². The highest BCUT2D eigenvalue weighted by Gasteiger charge is 2.24. The van der Waals surface area contributed by atoms with E-state index in [0.29, 0.717) is 0 Å². The summed E-state index contributed by atoms with van der Waals surface area (Å²) in [6.45, 7) is 3.28. The molecule has 2 unspecified atom stereocenters. The Morgan fingerprint density at radius 2 is 2.40 bits per heavy atom. The minimum Gasteiger partial charge on any atom is -0.338 e. The van der Waals surface area contributed by atoms with Crippen molar-refractivity contribution in [3.05, 3.63) is 18.2 Å². The van der Waals surface area contributed by atoms with E-state index in [4.69, 9.17) is 0 Å². The second-order valence-corrected chi connectivity index (χ2v) is 4.59. The number of nitrogens with zero attached hydrogens (tertiary/aromatic N) is 2. The van der Waals surface area contributed by atoms with Crippen LogP contribution >= 0.6 is 0 Å². The maximum atomic E-state index is 4.39. The number of hydrogen-bond acceptors (Lipinski definition) is 2. The summed E-state index contributed by atoms with van der Waals surface area (Å²) >= 11 is 0. The van der Waals surface area contributed by atoms with E-state index in [0.717, 1.165) is 24.9 Å². The number of nitrogens with one attached hydrogen (secondary N) is 1. The summed E-state index contributed by atoms with van der Waals surface area (Å²) in [5, 5.41) is 3.54. The summed E-state index contributed by atoms with van der Waals surface area (Å²) in [7, 11) is 2.08. The molecule has 1 aromatic rings. The maximum absolute atomic E-state index is 4.39. The average Bonchev–Trinajstić information content (AvgIpc) is 2.79. The van der Waals surface area contributed by atoms with Crippen LogP contribution in [0.25, 0.3) is 0 Å². The second kappa shape index (κ2) is 4.79. The quantitative estimate of drug-likeness (QED) is 0.815. The predicted molar refractivity (Wildman–Crippen MR) is 61.7 cm³/mol. The first-order chi connectivity index (χ1) is 7.29. The molecular formula is C12H21N3. The van der Waals surface area contributed by atoms with Gasteiger partial charge in [-0.25, -0.2) is 4.98 Å². The second-order valence-electron chi connectivity index (χ2n) is 4.59. The summed E-state index contributed by atoms with van der Waals surface area (Å²) in [6, 6.07) is 0.750. The van der Waals surface area contributed by atoms with Crippen LogP contribution in [0.4, 0.5) is 0 Å². The van der Waals surface area contributed by atoms with Gasteiger partial charge >= 0.3 is 0 Å². The molecule has 2 atom stereocenters. The number of hydrogen-bond donors (Lipinski definition) is 1. The highest BCUT2D eigenvalue weighted by molar-refractivity contribution is 4.95. The fourth-order valence-corrected chi connectivity index (χ4v) is 2.59. The lowest BCUT2D eigenvalue weighted by atomic mass is 10.0. The molecule has 1 saturated carbocycles. The van der Waals surface area contributed by atoms with Gasteiger partial charge in [-0.2, -0.15) is 0 Å². The SMILES string of the molecule is CCNC1CCC(Cc2nccn2C)C1. The molecule has 0 bridgehead atoms. The van der Waals surface area contributed by atoms with Crippen LogP contribution in [0.2, 0.25) is 0 Å². The Kier molecular flexibility index (Phi) is 3.41. The van der Waals surface area contributed by atoms with Crippen molar-refractivity contribution in [3.8, 4) is 0 Å². The van der Waals surface area contributed by atoms with Crippen molar-refractivity contribution in [3.63, 3.8) is 0 Å². The molecule has 3 nitrogen and oxygen atoms in total. The van der Waals surface area contributed by atoms with E-state index in [1.165, 1.54) is 25.1 Å². The van der Waals surface area contributed by atoms with Crippen LogP contribution in [-0.4, -0.2) is 22.1 Å². The molecule has 0 aromatic carbocycles. The summed E-state index contributed by atoms with van der Waals surface area (Å²) in [5.74, 6) is 2.06. The average molecular weight is 207 g/mol. The number of aryl methyl sites for hydroxylation is 1. The third kappa shape index (κ3) is 2.59. The van der Waals surface area contributed by atoms with Gasteiger partial charge in [-0.3, -0.25) is 0 Å². The molecule has 1 aromatic heterocycles. The fraction of sp³-hybridized carbons (Fsp3) is 0.750. The monoisotopic (exact) mass is 207 g/mol. The molecule has 0 spiro atoms. The molecule has 1 N–H and O–H groups in total. The molecule has 0 radical (unpaired) electrons. The molecular weight excluding hydrogens is 186 g/mol. The van der Waals surface area contributed by atoms with Crippen LogP contribution in [0.3, 0.4) is 0 Å². The zero-order valence-corrected chi connectivity index (χ0v) is 9.74. The van der Waals surface area contributed by atoms with Gasteiger partial charge < -0.3 is 9.88 Å². The topological polar surface area (TPSA) is 29.9 Å². The lowest BCUT2D eigenvalue weighted by Crippen LogP contribution is -2.26. The van der Waals surface area contributed by atoms with Crippen molar-refractivity contribution in [1.29, 1.82) is 0 Å². The minimum atomic E-state index is 0.750. The molecule has 0 aliphatic heterocycles. The van der Waals surface area contributed by atoms with Crippen LogP contribution < -0.4 is 5.32 Å². The molecule has 1 fully saturated rings. The van der Waals surface area contributed by atoms with Crippen molar-refractivity contribution in [2.75, 3.05) is 6.54 Å². The standard InChI is InChI=1S/C12H21N3/c1-3-13-11-5-4-10(8-11)9-12-14-6-7-15(12)2/h6-7,10-11,13H,3-5,8-9H2,1-2H3. The van der Waals surface area contributed by atoms with Gasteiger partial charge in [0.2, 0.25) is 0 Å². The predicted octanol–water partition coefficient (Wildman–Crippen LogP) is 1.74. The number of imidazole rings is 1. The van der Waals surface area contributed by atoms with Gasteiger partial charge in [0.15, 0.2) is 0 Å². The molecule has 1 aliphatic carbocycles. The number of aromatic nitrogens is 2. The highest BCUT2D eigenvalue weighted by atomic mass is 15.0. The van der Waals surface area contributed by atoms with Crippen LogP contribution in [0.5, 0.6) is 0 Å². The summed E-state index contributed by atoms with van der Waals surface area (Å²) < 4.78 is 2.14. The first-order valence-electron chi connectivity index (χ1n) is 5.99. The maximum Gasteiger partial charge on any atom is 0.108 e. The van der Waals surface area contributed by atoms with E-state index >= 15 is 0 Å². The molecule has 2 rings (SSSR count). The van der Waals surface area contributed by atoms with Gasteiger partial charge in [-0.15, -0.1) is 0 Å². The lowest BCUT2D eigenvalue weighted by molar-refractivity contribution is 0.481. The molecule has 0 saturated heterocycles. The van der Waals surface area contributed by atoms with E-state index in [1.807, 2.05) is 12.4 Å². The molecule has 0 amide bonds. The first kappa shape index (κ1) is 10.7. The molecule has 84 valence electrons. The Labute approximate surface area is 91.9 Å². The normalized spacial score (nSPS) is 26.0. The Bertz CT molecular complexity index is 306. The van der Waals surface area contributed by atoms with E-state index < -0.39 is 0 Å². The fourth-order valence-electron chi connectivity index (χ4n) is 2.59. The van der Waals surface area contributed by atoms with Crippen molar-refractivity contribution < 1.29 is 0 Å². The Morgan fingerprint density at radius 3 is 3.07 bits per heavy atom. The van der Waals surface area contributed by atoms with Crippen molar-refractivity contribution in [2.24, 2.45) is 13.0 Å². The zero-order chi connectivity index (χ0) is 10.7. The van der Waals surface area contributed by atoms with Gasteiger partial charge in [0.25, 0.3) is 0 Å². The third-order valence-corrected chi connectivity index (χ3v) is 3.43. The minimum absolute atomic E-state index is 0.750. The van der Waals surface area contributed by atoms with Gasteiger partial charge in [0.1, 0.15) is 5.82 Å². The van der Waals surface area contributed by atoms with Crippen molar-refractivity contribution in [2.45, 2.75) is 38.6 Å². The Hall–Kier alpha value is -0.830. The van der Waals surface area contributed by atoms with Gasteiger partial charge in [0.05, 0.1) is 0 Å². The van der Waals surface area contributed by atoms with E-state index in [-0.39, 0.29) is 0 Å². The van der Waals surface area contributed by atoms with E-state index in [1.54, 1.807) is 0 Å². The Morgan fingerprint density at radius 1 is 1.53 bits per heavy atom. The molecule has 1 heterocycles. The van der Waals surface area contributed by atoms with Crippen LogP contribution in [-0.2, 0) is 13.5 Å². The van der Waals surface area contributed by atoms with Gasteiger partial charge in [0, 0.05) is 31.9 Å². The van der Waals surface area contributed by atoms with E-state index in [9.17, 15) is 0 Å². The largest absolute Gasteiger partial charge is 0.338 e. The van der Waals surface area contributed by atoms with Crippen LogP contribution in [0.15, 0.2) is 12.4 Å². The van der Waals surface area contributed by atoms with Gasteiger partial charge in [-0.05, 0) is 31.7 Å². The summed E-state index contributed by atoms with van der Waals surface area (Å²) in [6.07, 6.45) is 9.08. The van der Waals surface area contributed by atoms with E-state index in [2.05, 4.69) is 28.8 Å². The van der Waals surface area contributed by atoms with Crippen molar-refractivity contribution in [1.82, 2.24) is 14.9 Å². The highest BCUT2D eigenvalue weighted by Crippen LogP contribution is 2.28. The molecule has 15 heavy (non-hydrogen) atoms. The smallest absolute Gasteiger partial charge is 0.108 e. The lowest BCUT2D eigenvalue weighted by Gasteiger charge is -2.11. The first-order valence-corrected chi connectivity index (χ1v) is 5.99. The summed E-state index contributed by atoms with van der Waals surface area (Å²) in [5.41, 5.74) is 0. The molecule has 3 heteroatoms. The van der Waals surface area contributed by atoms with Crippen LogP contribution in [0.1, 0.15) is 32.0 Å².